The molecule has 2 heterocycles. The Bertz CT molecular complexity index is 937. The summed E-state index contributed by atoms with van der Waals surface area (Å²) in [7, 11) is 0. The molecule has 1 N–H and O–H groups in total. The van der Waals surface area contributed by atoms with E-state index in [-0.39, 0.29) is 11.0 Å². The second-order valence-corrected chi connectivity index (χ2v) is 8.73. The molecule has 1 aliphatic carbocycles. The molecule has 1 aromatic carbocycles. The first-order valence-corrected chi connectivity index (χ1v) is 11.2. The molecule has 4 rings (SSSR count). The van der Waals surface area contributed by atoms with Crippen molar-refractivity contribution in [1.82, 2.24) is 15.3 Å². The van der Waals surface area contributed by atoms with Crippen LogP contribution in [0.5, 0.6) is 0 Å². The highest BCUT2D eigenvalue weighted by Gasteiger charge is 2.39. The standard InChI is InChI=1S/C24H28F2N4O2/c25-22(26)23(32)29-16-20(31)17-14-27-21(28-15-17)13-24(9-4-10-24)18-5-7-19(8-6-18)30-11-2-1-3-12-30/h5-8,14-15,22H,1-4,9-13,16H2,(H,29,32). The van der Waals surface area contributed by atoms with Crippen molar-refractivity contribution in [2.75, 3.05) is 24.5 Å². The number of rotatable bonds is 8. The lowest BCUT2D eigenvalue weighted by Gasteiger charge is -2.42. The Kier molecular flexibility index (Phi) is 6.77. The largest absolute Gasteiger partial charge is 0.372 e. The molecule has 2 aliphatic rings. The summed E-state index contributed by atoms with van der Waals surface area (Å²) in [6.45, 7) is 1.74. The first-order chi connectivity index (χ1) is 15.5. The Labute approximate surface area is 186 Å². The zero-order valence-electron chi connectivity index (χ0n) is 18.0. The van der Waals surface area contributed by atoms with Gasteiger partial charge in [0.05, 0.1) is 12.1 Å². The number of benzene rings is 1. The maximum atomic E-state index is 12.2. The fourth-order valence-electron chi connectivity index (χ4n) is 4.59. The number of carbonyl (C=O) groups excluding carboxylic acids is 2. The smallest absolute Gasteiger partial charge is 0.315 e. The van der Waals surface area contributed by atoms with Crippen molar-refractivity contribution < 1.29 is 18.4 Å². The lowest BCUT2D eigenvalue weighted by atomic mass is 9.62. The summed E-state index contributed by atoms with van der Waals surface area (Å²) in [5.74, 6) is -1.32. The van der Waals surface area contributed by atoms with Crippen LogP contribution < -0.4 is 10.2 Å². The number of nitrogens with one attached hydrogen (secondary N) is 1. The Morgan fingerprint density at radius 3 is 2.22 bits per heavy atom. The van der Waals surface area contributed by atoms with Gasteiger partial charge in [-0.15, -0.1) is 0 Å². The van der Waals surface area contributed by atoms with Gasteiger partial charge in [0.15, 0.2) is 5.78 Å². The quantitative estimate of drug-likeness (QED) is 0.631. The summed E-state index contributed by atoms with van der Waals surface area (Å²) in [4.78, 5) is 34.1. The van der Waals surface area contributed by atoms with E-state index in [9.17, 15) is 18.4 Å². The lowest BCUT2D eigenvalue weighted by Crippen LogP contribution is -2.37. The molecule has 0 spiro atoms. The Hall–Kier alpha value is -2.90. The molecule has 0 unspecified atom stereocenters. The number of nitrogens with zero attached hydrogens (tertiary/aromatic N) is 3. The second kappa shape index (κ2) is 9.71. The minimum atomic E-state index is -3.14. The summed E-state index contributed by atoms with van der Waals surface area (Å²) in [6, 6.07) is 8.90. The summed E-state index contributed by atoms with van der Waals surface area (Å²) < 4.78 is 24.5. The van der Waals surface area contributed by atoms with Gasteiger partial charge in [-0.05, 0) is 49.8 Å². The van der Waals surface area contributed by atoms with Crippen LogP contribution in [0, 0.1) is 0 Å². The van der Waals surface area contributed by atoms with E-state index in [0.29, 0.717) is 12.2 Å². The third-order valence-corrected chi connectivity index (χ3v) is 6.66. The van der Waals surface area contributed by atoms with Crippen molar-refractivity contribution in [3.05, 3.63) is 53.6 Å². The number of hydrogen-bond acceptors (Lipinski definition) is 5. The van der Waals surface area contributed by atoms with Crippen LogP contribution in [0.2, 0.25) is 0 Å². The first-order valence-electron chi connectivity index (χ1n) is 11.2. The monoisotopic (exact) mass is 442 g/mol. The van der Waals surface area contributed by atoms with E-state index in [4.69, 9.17) is 0 Å². The van der Waals surface area contributed by atoms with Crippen LogP contribution in [-0.2, 0) is 16.6 Å². The summed E-state index contributed by atoms with van der Waals surface area (Å²) in [6.07, 6.45) is 7.47. The van der Waals surface area contributed by atoms with Gasteiger partial charge in [-0.3, -0.25) is 9.59 Å². The number of anilines is 1. The van der Waals surface area contributed by atoms with E-state index in [2.05, 4.69) is 39.1 Å². The van der Waals surface area contributed by atoms with Crippen LogP contribution in [0.3, 0.4) is 0 Å². The number of hydrogen-bond donors (Lipinski definition) is 1. The van der Waals surface area contributed by atoms with Crippen molar-refractivity contribution in [2.45, 2.75) is 56.8 Å². The maximum Gasteiger partial charge on any atom is 0.315 e. The zero-order chi connectivity index (χ0) is 22.6. The predicted molar refractivity (Wildman–Crippen MR) is 117 cm³/mol. The first kappa shape index (κ1) is 22.3. The number of alkyl halides is 2. The summed E-state index contributed by atoms with van der Waals surface area (Å²) in [5.41, 5.74) is 2.78. The summed E-state index contributed by atoms with van der Waals surface area (Å²) in [5, 5.41) is 1.90. The van der Waals surface area contributed by atoms with Crippen LogP contribution in [0.25, 0.3) is 0 Å². The topological polar surface area (TPSA) is 75.2 Å². The highest BCUT2D eigenvalue weighted by atomic mass is 19.3. The molecule has 1 aliphatic heterocycles. The van der Waals surface area contributed by atoms with E-state index in [1.807, 2.05) is 5.32 Å². The SMILES string of the molecule is O=C(CNC(=O)C(F)F)c1cnc(CC2(c3ccc(N4CCCCC4)cc3)CCC2)nc1. The van der Waals surface area contributed by atoms with Gasteiger partial charge in [0.25, 0.3) is 5.91 Å². The summed E-state index contributed by atoms with van der Waals surface area (Å²) >= 11 is 0. The van der Waals surface area contributed by atoms with Crippen molar-refractivity contribution in [2.24, 2.45) is 0 Å². The van der Waals surface area contributed by atoms with Gasteiger partial charge in [-0.25, -0.2) is 9.97 Å². The predicted octanol–water partition coefficient (Wildman–Crippen LogP) is 3.70. The van der Waals surface area contributed by atoms with Gasteiger partial charge in [-0.2, -0.15) is 8.78 Å². The minimum Gasteiger partial charge on any atom is -0.372 e. The van der Waals surface area contributed by atoms with Gasteiger partial charge in [0.1, 0.15) is 5.82 Å². The molecule has 2 fully saturated rings. The molecule has 32 heavy (non-hydrogen) atoms. The molecule has 8 heteroatoms. The van der Waals surface area contributed by atoms with Crippen LogP contribution >= 0.6 is 0 Å². The van der Waals surface area contributed by atoms with Gasteiger partial charge >= 0.3 is 6.43 Å². The van der Waals surface area contributed by atoms with Gasteiger partial charge in [0, 0.05) is 43.0 Å². The highest BCUT2D eigenvalue weighted by Crippen LogP contribution is 2.46. The van der Waals surface area contributed by atoms with Crippen LogP contribution in [-0.4, -0.2) is 47.7 Å². The number of carbonyl (C=O) groups is 2. The van der Waals surface area contributed by atoms with E-state index in [1.165, 1.54) is 42.9 Å². The number of piperidine rings is 1. The molecule has 170 valence electrons. The Balaban J connectivity index is 1.40. The zero-order valence-corrected chi connectivity index (χ0v) is 18.0. The molecule has 0 atom stereocenters. The molecule has 6 nitrogen and oxygen atoms in total. The van der Waals surface area contributed by atoms with E-state index in [1.54, 1.807) is 0 Å². The van der Waals surface area contributed by atoms with Crippen LogP contribution in [0.15, 0.2) is 36.7 Å². The average molecular weight is 443 g/mol. The van der Waals surface area contributed by atoms with E-state index >= 15 is 0 Å². The normalized spacial score (nSPS) is 17.7. The fourth-order valence-corrected chi connectivity index (χ4v) is 4.59. The molecule has 1 saturated carbocycles. The van der Waals surface area contributed by atoms with E-state index < -0.39 is 24.7 Å². The van der Waals surface area contributed by atoms with Crippen LogP contribution in [0.4, 0.5) is 14.5 Å². The molecular weight excluding hydrogens is 414 g/mol. The Morgan fingerprint density at radius 1 is 1.00 bits per heavy atom. The minimum absolute atomic E-state index is 0.0111. The molecule has 1 aromatic heterocycles. The average Bonchev–Trinajstić information content (AvgIpc) is 2.80. The molecule has 2 aromatic rings. The van der Waals surface area contributed by atoms with Crippen molar-refractivity contribution in [3.8, 4) is 0 Å². The number of Topliss-reactive ketones (excluding diaryl/α,β-unsaturated/α-hetero) is 1. The van der Waals surface area contributed by atoms with E-state index in [0.717, 1.165) is 32.4 Å². The number of ketones is 1. The molecule has 0 bridgehead atoms. The molecule has 1 saturated heterocycles. The highest BCUT2D eigenvalue weighted by molar-refractivity contribution is 5.99. The number of amides is 1. The van der Waals surface area contributed by atoms with Gasteiger partial charge in [0.2, 0.25) is 0 Å². The van der Waals surface area contributed by atoms with Crippen molar-refractivity contribution in [3.63, 3.8) is 0 Å². The van der Waals surface area contributed by atoms with Gasteiger partial charge in [-0.1, -0.05) is 18.6 Å². The third-order valence-electron chi connectivity index (χ3n) is 6.66. The van der Waals surface area contributed by atoms with Crippen molar-refractivity contribution in [1.29, 1.82) is 0 Å². The lowest BCUT2D eigenvalue weighted by molar-refractivity contribution is -0.131. The molecule has 1 amide bonds. The third kappa shape index (κ3) is 4.95. The van der Waals surface area contributed by atoms with Crippen LogP contribution in [0.1, 0.15) is 60.3 Å². The molecule has 0 radical (unpaired) electrons. The van der Waals surface area contributed by atoms with Crippen molar-refractivity contribution >= 4 is 17.4 Å². The maximum absolute atomic E-state index is 12.2. The number of halogens is 2. The molecular formula is C24H28F2N4O2. The fraction of sp³-hybridized carbons (Fsp3) is 0.500. The second-order valence-electron chi connectivity index (χ2n) is 8.73. The Morgan fingerprint density at radius 2 is 1.66 bits per heavy atom. The number of aromatic nitrogens is 2. The van der Waals surface area contributed by atoms with Gasteiger partial charge < -0.3 is 10.2 Å².